The Kier molecular flexibility index (Phi) is 7.47. The zero-order valence-electron chi connectivity index (χ0n) is 18.7. The normalized spacial score (nSPS) is 12.2. The van der Waals surface area contributed by atoms with Gasteiger partial charge < -0.3 is 10.1 Å². The number of carbonyl (C=O) groups is 1. The number of hydrogen-bond acceptors (Lipinski definition) is 6. The van der Waals surface area contributed by atoms with Crippen molar-refractivity contribution < 1.29 is 31.1 Å². The van der Waals surface area contributed by atoms with Gasteiger partial charge in [0.05, 0.1) is 28.3 Å². The number of alkyl halides is 3. The van der Waals surface area contributed by atoms with Gasteiger partial charge in [-0.1, -0.05) is 19.9 Å². The van der Waals surface area contributed by atoms with Crippen LogP contribution in [0.25, 0.3) is 10.9 Å². The molecule has 3 rings (SSSR count). The second kappa shape index (κ2) is 9.98. The van der Waals surface area contributed by atoms with E-state index in [2.05, 4.69) is 15.0 Å². The van der Waals surface area contributed by atoms with E-state index in [1.807, 2.05) is 13.8 Å². The molecule has 0 aliphatic heterocycles. The maximum atomic E-state index is 13.1. The molecule has 34 heavy (non-hydrogen) atoms. The standard InChI is InChI=1S/C23H24F3N3O4S/c1-4-33-22(30)19-13-27-20-11-15(23(24,25)26)5-10-18(20)21(19)29-16-6-8-17(9-7-16)34(31,32)28-12-14(2)3/h5-11,13-14,28H,4,12H2,1-3H3,(H,27,29). The first-order chi connectivity index (χ1) is 15.9. The second-order valence-electron chi connectivity index (χ2n) is 7.89. The summed E-state index contributed by atoms with van der Waals surface area (Å²) in [5.74, 6) is -0.564. The van der Waals surface area contributed by atoms with Crippen LogP contribution in [0.3, 0.4) is 0 Å². The summed E-state index contributed by atoms with van der Waals surface area (Å²) < 4.78 is 71.8. The SMILES string of the molecule is CCOC(=O)c1cnc2cc(C(F)(F)F)ccc2c1Nc1ccc(S(=O)(=O)NCC(C)C)cc1. The summed E-state index contributed by atoms with van der Waals surface area (Å²) in [5.41, 5.74) is -0.191. The monoisotopic (exact) mass is 495 g/mol. The highest BCUT2D eigenvalue weighted by molar-refractivity contribution is 7.89. The molecule has 0 amide bonds. The minimum absolute atomic E-state index is 0.0301. The molecule has 7 nitrogen and oxygen atoms in total. The van der Waals surface area contributed by atoms with Crippen LogP contribution in [-0.4, -0.2) is 32.5 Å². The predicted octanol–water partition coefficient (Wildman–Crippen LogP) is 5.11. The fourth-order valence-electron chi connectivity index (χ4n) is 3.09. The molecule has 0 fully saturated rings. The van der Waals surface area contributed by atoms with Crippen molar-refractivity contribution in [1.29, 1.82) is 0 Å². The average molecular weight is 496 g/mol. The van der Waals surface area contributed by atoms with Crippen LogP contribution in [0.2, 0.25) is 0 Å². The summed E-state index contributed by atoms with van der Waals surface area (Å²) in [6, 6.07) is 8.79. The lowest BCUT2D eigenvalue weighted by Crippen LogP contribution is -2.27. The Hall–Kier alpha value is -3.18. The molecule has 0 spiro atoms. The van der Waals surface area contributed by atoms with Crippen LogP contribution in [-0.2, 0) is 20.9 Å². The minimum atomic E-state index is -4.55. The number of aromatic nitrogens is 1. The Morgan fingerprint density at radius 2 is 1.79 bits per heavy atom. The largest absolute Gasteiger partial charge is 0.462 e. The van der Waals surface area contributed by atoms with Crippen LogP contribution in [0.1, 0.15) is 36.7 Å². The maximum absolute atomic E-state index is 13.1. The molecule has 11 heteroatoms. The van der Waals surface area contributed by atoms with E-state index < -0.39 is 27.7 Å². The Labute approximate surface area is 195 Å². The summed E-state index contributed by atoms with van der Waals surface area (Å²) in [4.78, 5) is 16.5. The summed E-state index contributed by atoms with van der Waals surface area (Å²) in [6.07, 6.45) is -3.40. The average Bonchev–Trinajstić information content (AvgIpc) is 2.77. The first-order valence-electron chi connectivity index (χ1n) is 10.5. The molecular formula is C23H24F3N3O4S. The molecule has 0 bridgehead atoms. The number of nitrogens with one attached hydrogen (secondary N) is 2. The molecule has 2 aromatic carbocycles. The predicted molar refractivity (Wildman–Crippen MR) is 122 cm³/mol. The van der Waals surface area contributed by atoms with Crippen LogP contribution < -0.4 is 10.0 Å². The number of sulfonamides is 1. The van der Waals surface area contributed by atoms with E-state index >= 15 is 0 Å². The van der Waals surface area contributed by atoms with Crippen LogP contribution >= 0.6 is 0 Å². The molecule has 0 aliphatic rings. The van der Waals surface area contributed by atoms with Crippen molar-refractivity contribution in [2.24, 2.45) is 5.92 Å². The second-order valence-corrected chi connectivity index (χ2v) is 9.66. The van der Waals surface area contributed by atoms with E-state index in [1.54, 1.807) is 6.92 Å². The van der Waals surface area contributed by atoms with Crippen molar-refractivity contribution in [2.75, 3.05) is 18.5 Å². The van der Waals surface area contributed by atoms with Crippen LogP contribution in [0, 0.1) is 5.92 Å². The third-order valence-electron chi connectivity index (χ3n) is 4.81. The van der Waals surface area contributed by atoms with Gasteiger partial charge in [0.2, 0.25) is 10.0 Å². The zero-order chi connectivity index (χ0) is 25.1. The summed E-state index contributed by atoms with van der Waals surface area (Å²) >= 11 is 0. The van der Waals surface area contributed by atoms with Gasteiger partial charge in [0.1, 0.15) is 5.56 Å². The lowest BCUT2D eigenvalue weighted by atomic mass is 10.1. The Bertz CT molecular complexity index is 1290. The number of hydrogen-bond donors (Lipinski definition) is 2. The lowest BCUT2D eigenvalue weighted by molar-refractivity contribution is -0.137. The molecule has 0 radical (unpaired) electrons. The number of halogens is 3. The summed E-state index contributed by atoms with van der Waals surface area (Å²) in [6.45, 7) is 5.77. The fourth-order valence-corrected chi connectivity index (χ4v) is 4.30. The van der Waals surface area contributed by atoms with E-state index in [0.29, 0.717) is 5.69 Å². The van der Waals surface area contributed by atoms with Gasteiger partial charge in [-0.2, -0.15) is 13.2 Å². The molecule has 0 saturated carbocycles. The lowest BCUT2D eigenvalue weighted by Gasteiger charge is -2.16. The van der Waals surface area contributed by atoms with E-state index in [9.17, 15) is 26.4 Å². The third kappa shape index (κ3) is 5.84. The fraction of sp³-hybridized carbons (Fsp3) is 0.304. The molecule has 0 unspecified atom stereocenters. The van der Waals surface area contributed by atoms with Gasteiger partial charge >= 0.3 is 12.1 Å². The molecule has 1 heterocycles. The number of pyridine rings is 1. The van der Waals surface area contributed by atoms with Gasteiger partial charge in [-0.15, -0.1) is 0 Å². The molecule has 0 saturated heterocycles. The number of nitrogens with zero attached hydrogens (tertiary/aromatic N) is 1. The topological polar surface area (TPSA) is 97.4 Å². The molecular weight excluding hydrogens is 471 g/mol. The Morgan fingerprint density at radius 1 is 1.12 bits per heavy atom. The van der Waals surface area contributed by atoms with Crippen molar-refractivity contribution in [3.8, 4) is 0 Å². The number of carbonyl (C=O) groups excluding carboxylic acids is 1. The van der Waals surface area contributed by atoms with Crippen LogP contribution in [0.15, 0.2) is 53.6 Å². The molecule has 3 aromatic rings. The van der Waals surface area contributed by atoms with Crippen LogP contribution in [0.4, 0.5) is 24.5 Å². The van der Waals surface area contributed by atoms with Gasteiger partial charge in [0.25, 0.3) is 0 Å². The quantitative estimate of drug-likeness (QED) is 0.422. The van der Waals surface area contributed by atoms with Gasteiger partial charge in [0, 0.05) is 23.8 Å². The van der Waals surface area contributed by atoms with Crippen molar-refractivity contribution in [1.82, 2.24) is 9.71 Å². The number of benzene rings is 2. The Balaban J connectivity index is 2.01. The molecule has 0 aliphatic carbocycles. The van der Waals surface area contributed by atoms with E-state index in [0.717, 1.165) is 18.3 Å². The highest BCUT2D eigenvalue weighted by Gasteiger charge is 2.31. The Morgan fingerprint density at radius 3 is 2.38 bits per heavy atom. The first-order valence-corrected chi connectivity index (χ1v) is 11.9. The number of esters is 1. The molecule has 2 N–H and O–H groups in total. The molecule has 182 valence electrons. The summed E-state index contributed by atoms with van der Waals surface area (Å²) in [5, 5.41) is 3.28. The first kappa shape index (κ1) is 25.4. The van der Waals surface area contributed by atoms with Gasteiger partial charge in [-0.05, 0) is 49.2 Å². The minimum Gasteiger partial charge on any atom is -0.462 e. The number of rotatable bonds is 8. The van der Waals surface area contributed by atoms with Crippen LogP contribution in [0.5, 0.6) is 0 Å². The number of ether oxygens (including phenoxy) is 1. The van der Waals surface area contributed by atoms with Gasteiger partial charge in [-0.25, -0.2) is 17.9 Å². The van der Waals surface area contributed by atoms with E-state index in [1.165, 1.54) is 30.3 Å². The highest BCUT2D eigenvalue weighted by atomic mass is 32.2. The molecule has 0 atom stereocenters. The smallest absolute Gasteiger partial charge is 0.416 e. The van der Waals surface area contributed by atoms with Crippen molar-refractivity contribution >= 4 is 38.3 Å². The van der Waals surface area contributed by atoms with Gasteiger partial charge in [0.15, 0.2) is 0 Å². The van der Waals surface area contributed by atoms with Crippen molar-refractivity contribution in [3.05, 3.63) is 59.8 Å². The van der Waals surface area contributed by atoms with E-state index in [-0.39, 0.29) is 46.1 Å². The number of fused-ring (bicyclic) bond motifs is 1. The van der Waals surface area contributed by atoms with Gasteiger partial charge in [-0.3, -0.25) is 4.98 Å². The highest BCUT2D eigenvalue weighted by Crippen LogP contribution is 2.35. The molecule has 1 aromatic heterocycles. The summed E-state index contributed by atoms with van der Waals surface area (Å²) in [7, 11) is -3.70. The van der Waals surface area contributed by atoms with Crippen molar-refractivity contribution in [2.45, 2.75) is 31.8 Å². The maximum Gasteiger partial charge on any atom is 0.416 e. The van der Waals surface area contributed by atoms with E-state index in [4.69, 9.17) is 4.74 Å². The van der Waals surface area contributed by atoms with Crippen molar-refractivity contribution in [3.63, 3.8) is 0 Å². The third-order valence-corrected chi connectivity index (χ3v) is 6.25. The zero-order valence-corrected chi connectivity index (χ0v) is 19.5. The number of anilines is 2.